The molecule has 0 aromatic heterocycles. The summed E-state index contributed by atoms with van der Waals surface area (Å²) in [5.41, 5.74) is 7.14. The van der Waals surface area contributed by atoms with Gasteiger partial charge in [-0.2, -0.15) is 0 Å². The quantitative estimate of drug-likeness (QED) is 0.184. The van der Waals surface area contributed by atoms with Crippen LogP contribution in [0, 0.1) is 0 Å². The average Bonchev–Trinajstić information content (AvgIpc) is 3.21. The van der Waals surface area contributed by atoms with Crippen LogP contribution in [0.3, 0.4) is 0 Å². The summed E-state index contributed by atoms with van der Waals surface area (Å²) in [6.45, 7) is 42.9. The van der Waals surface area contributed by atoms with Gasteiger partial charge in [-0.25, -0.2) is 0 Å². The molecular weight excluding hydrogens is 1130 g/mol. The molecule has 0 N–H and O–H groups in total. The van der Waals surface area contributed by atoms with Crippen molar-refractivity contribution in [1.82, 2.24) is 0 Å². The Kier molecular flexibility index (Phi) is 34.6. The predicted octanol–water partition coefficient (Wildman–Crippen LogP) is 24.0. The molecular formula is C60H120Cl2P4Pd2. The molecule has 0 nitrogen and oxygen atoms in total. The third-order valence-electron chi connectivity index (χ3n) is 16.0. The largest absolute Gasteiger partial charge is 0 e. The Morgan fingerprint density at radius 2 is 0.353 bits per heavy atom. The number of halogens is 2. The smallest absolute Gasteiger partial charge is 0 e. The summed E-state index contributed by atoms with van der Waals surface area (Å²) in [7, 11) is 10.4. The topological polar surface area (TPSA) is 0 Å². The van der Waals surface area contributed by atoms with E-state index in [0.717, 1.165) is 0 Å². The molecule has 8 heteroatoms. The van der Waals surface area contributed by atoms with Gasteiger partial charge in [-0.05, 0) is 142 Å². The summed E-state index contributed by atoms with van der Waals surface area (Å²) in [5, 5.41) is 2.70. The maximum atomic E-state index is 4.81. The molecule has 0 spiro atoms. The molecule has 0 bridgehead atoms. The van der Waals surface area contributed by atoms with Crippen LogP contribution in [0.2, 0.25) is 0 Å². The van der Waals surface area contributed by atoms with E-state index in [2.05, 4.69) is 125 Å². The Bertz CT molecular complexity index is 987. The van der Waals surface area contributed by atoms with Crippen molar-refractivity contribution in [2.45, 2.75) is 382 Å². The van der Waals surface area contributed by atoms with E-state index in [9.17, 15) is 0 Å². The van der Waals surface area contributed by atoms with Crippen LogP contribution < -0.4 is 0 Å². The molecule has 414 valence electrons. The van der Waals surface area contributed by atoms with Gasteiger partial charge in [-0.15, -0.1) is 0 Å². The number of hydrogen-bond acceptors (Lipinski definition) is 0. The summed E-state index contributed by atoms with van der Waals surface area (Å²) in [6.07, 6.45) is 47.2. The molecule has 68 heavy (non-hydrogen) atoms. The SMILES string of the molecule is C1CCC(P(C2CCCCC2)C2CCCCC2)CC1.C1CCC(P(C2CCCCC2)C2CCCCC2)CC1.CC(C)(C)P(C(C)(C)C)C(C)(C)C.CC(C)(C)P(C(C)(C)C)C(C)(C)C.[Cl][Pd][Cl].[Pd]. The third-order valence-corrected chi connectivity index (χ3v) is 32.2. The van der Waals surface area contributed by atoms with E-state index < -0.39 is 0 Å². The molecule has 6 aliphatic rings. The molecule has 0 amide bonds. The van der Waals surface area contributed by atoms with E-state index in [1.165, 1.54) is 72.5 Å². The van der Waals surface area contributed by atoms with Crippen LogP contribution >= 0.6 is 50.7 Å². The minimum Gasteiger partial charge on any atom is 0 e. The van der Waals surface area contributed by atoms with Crippen molar-refractivity contribution in [2.75, 3.05) is 0 Å². The van der Waals surface area contributed by atoms with Crippen LogP contribution in [0.4, 0.5) is 0 Å². The second kappa shape index (κ2) is 33.8. The molecule has 0 unspecified atom stereocenters. The van der Waals surface area contributed by atoms with Crippen LogP contribution in [-0.2, 0) is 36.4 Å². The monoisotopic (exact) mass is 1250 g/mol. The minimum absolute atomic E-state index is 0. The molecule has 0 radical (unpaired) electrons. The fourth-order valence-electron chi connectivity index (χ4n) is 16.1. The first-order valence-electron chi connectivity index (χ1n) is 29.0. The Labute approximate surface area is 465 Å². The third kappa shape index (κ3) is 26.3. The molecule has 0 heterocycles. The van der Waals surface area contributed by atoms with Crippen LogP contribution in [0.1, 0.15) is 317 Å². The van der Waals surface area contributed by atoms with Crippen molar-refractivity contribution in [3.8, 4) is 0 Å². The standard InChI is InChI=1S/2C18H33P.2C12H27P.2ClH.2Pd/c2*1-4-10-16(11-5-1)19(17-12-6-2-7-13-17)18-14-8-3-9-15-18;2*1-10(2,3)13(11(4,5)6)12(7,8)9;;;;/h2*16-18H,1-15H2;2*1-9H3;2*1H;;/q;;;;;;;+2/p-2. The zero-order valence-electron chi connectivity index (χ0n) is 48.9. The molecule has 6 aliphatic carbocycles. The summed E-state index contributed by atoms with van der Waals surface area (Å²) in [6, 6.07) is 0. The second-order valence-corrected chi connectivity index (χ2v) is 46.3. The Morgan fingerprint density at radius 3 is 0.426 bits per heavy atom. The number of hydrogen-bond donors (Lipinski definition) is 0. The Hall–Kier alpha value is 3.62. The molecule has 0 aromatic rings. The molecule has 6 fully saturated rings. The van der Waals surface area contributed by atoms with Gasteiger partial charge in [-0.1, -0.05) is 272 Å². The first-order valence-corrected chi connectivity index (χ1v) is 38.8. The Morgan fingerprint density at radius 1 is 0.250 bits per heavy atom. The van der Waals surface area contributed by atoms with Gasteiger partial charge in [0.25, 0.3) is 0 Å². The summed E-state index contributed by atoms with van der Waals surface area (Å²) in [4.78, 5) is 0. The van der Waals surface area contributed by atoms with Gasteiger partial charge in [0.1, 0.15) is 0 Å². The fraction of sp³-hybridized carbons (Fsp3) is 1.00. The van der Waals surface area contributed by atoms with Gasteiger partial charge in [0.05, 0.1) is 0 Å². The molecule has 0 aromatic carbocycles. The van der Waals surface area contributed by atoms with Crippen molar-refractivity contribution in [3.63, 3.8) is 0 Å². The van der Waals surface area contributed by atoms with Crippen molar-refractivity contribution >= 4 is 50.7 Å². The van der Waals surface area contributed by atoms with Crippen LogP contribution in [0.5, 0.6) is 0 Å². The second-order valence-electron chi connectivity index (χ2n) is 28.4. The minimum atomic E-state index is -0.106. The van der Waals surface area contributed by atoms with Gasteiger partial charge in [-0.3, -0.25) is 0 Å². The van der Waals surface area contributed by atoms with Gasteiger partial charge >= 0.3 is 35.0 Å². The van der Waals surface area contributed by atoms with E-state index in [1.54, 1.807) is 154 Å². The van der Waals surface area contributed by atoms with Crippen LogP contribution in [0.25, 0.3) is 0 Å². The van der Waals surface area contributed by atoms with E-state index in [-0.39, 0.29) is 52.2 Å². The van der Waals surface area contributed by atoms with Gasteiger partial charge in [0, 0.05) is 20.4 Å². The van der Waals surface area contributed by atoms with Gasteiger partial charge in [0.2, 0.25) is 0 Å². The van der Waals surface area contributed by atoms with Gasteiger partial charge < -0.3 is 0 Å². The number of rotatable bonds is 6. The van der Waals surface area contributed by atoms with Crippen molar-refractivity contribution < 1.29 is 36.4 Å². The van der Waals surface area contributed by atoms with Gasteiger partial charge in [0.15, 0.2) is 0 Å². The van der Waals surface area contributed by atoms with E-state index in [0.29, 0.717) is 46.8 Å². The normalized spacial score (nSPS) is 22.3. The summed E-state index contributed by atoms with van der Waals surface area (Å²) >= 11 is -0.106. The molecule has 6 rings (SSSR count). The van der Waals surface area contributed by atoms with Crippen LogP contribution in [0.15, 0.2) is 0 Å². The Balaban J connectivity index is 0.000000450. The van der Waals surface area contributed by atoms with E-state index in [4.69, 9.17) is 19.1 Å². The van der Waals surface area contributed by atoms with E-state index >= 15 is 0 Å². The van der Waals surface area contributed by atoms with Crippen molar-refractivity contribution in [2.24, 2.45) is 0 Å². The first kappa shape index (κ1) is 69.6. The molecule has 0 saturated heterocycles. The van der Waals surface area contributed by atoms with Crippen molar-refractivity contribution in [3.05, 3.63) is 0 Å². The molecule has 0 aliphatic heterocycles. The maximum absolute atomic E-state index is 4.81. The van der Waals surface area contributed by atoms with Crippen molar-refractivity contribution in [1.29, 1.82) is 0 Å². The van der Waals surface area contributed by atoms with E-state index in [1.807, 2.05) is 0 Å². The van der Waals surface area contributed by atoms with Crippen LogP contribution in [-0.4, -0.2) is 64.9 Å². The molecule has 6 saturated carbocycles. The predicted molar refractivity (Wildman–Crippen MR) is 319 cm³/mol. The molecule has 0 atom stereocenters. The maximum Gasteiger partial charge on any atom is 0 e. The summed E-state index contributed by atoms with van der Waals surface area (Å²) < 4.78 is 0. The zero-order chi connectivity index (χ0) is 50.7. The first-order chi connectivity index (χ1) is 31.0. The average molecular weight is 1250 g/mol. The summed E-state index contributed by atoms with van der Waals surface area (Å²) in [5.74, 6) is 0. The fourth-order valence-corrected chi connectivity index (χ4v) is 37.5. The zero-order valence-corrected chi connectivity index (χ0v) is 57.1.